The van der Waals surface area contributed by atoms with Crippen LogP contribution >= 0.6 is 0 Å². The molecule has 0 aliphatic carbocycles. The molecule has 0 atom stereocenters. The molecular weight excluding hydrogens is 240 g/mol. The highest BCUT2D eigenvalue weighted by molar-refractivity contribution is 5.48. The van der Waals surface area contributed by atoms with Crippen molar-refractivity contribution in [3.8, 4) is 11.9 Å². The zero-order chi connectivity index (χ0) is 13.7. The van der Waals surface area contributed by atoms with E-state index in [0.29, 0.717) is 18.0 Å². The smallest absolute Gasteiger partial charge is 0.221 e. The zero-order valence-corrected chi connectivity index (χ0v) is 10.8. The molecular formula is C14H14N4O. The van der Waals surface area contributed by atoms with E-state index in [0.717, 1.165) is 16.9 Å². The third-order valence-corrected chi connectivity index (χ3v) is 2.77. The summed E-state index contributed by atoms with van der Waals surface area (Å²) in [5, 5.41) is 12.0. The Bertz CT molecular complexity index is 602. The first-order valence-corrected chi connectivity index (χ1v) is 5.83. The molecule has 1 N–H and O–H groups in total. The van der Waals surface area contributed by atoms with Crippen LogP contribution in [0.5, 0.6) is 5.88 Å². The Kier molecular flexibility index (Phi) is 3.94. The van der Waals surface area contributed by atoms with Crippen molar-refractivity contribution in [3.63, 3.8) is 0 Å². The van der Waals surface area contributed by atoms with Crippen LogP contribution in [0, 0.1) is 18.3 Å². The maximum atomic E-state index is 8.73. The van der Waals surface area contributed by atoms with Gasteiger partial charge in [-0.2, -0.15) is 5.26 Å². The largest absolute Gasteiger partial charge is 0.481 e. The molecule has 0 unspecified atom stereocenters. The van der Waals surface area contributed by atoms with Gasteiger partial charge in [0.05, 0.1) is 24.3 Å². The molecule has 0 spiro atoms. The maximum Gasteiger partial charge on any atom is 0.221 e. The predicted molar refractivity (Wildman–Crippen MR) is 71.8 cm³/mol. The van der Waals surface area contributed by atoms with Gasteiger partial charge in [-0.15, -0.1) is 0 Å². The fraction of sp³-hybridized carbons (Fsp3) is 0.214. The van der Waals surface area contributed by atoms with Crippen molar-refractivity contribution in [2.45, 2.75) is 13.5 Å². The van der Waals surface area contributed by atoms with Crippen molar-refractivity contribution < 1.29 is 4.74 Å². The number of hydrogen-bond donors (Lipinski definition) is 1. The molecule has 1 aromatic carbocycles. The van der Waals surface area contributed by atoms with Gasteiger partial charge >= 0.3 is 0 Å². The number of aromatic nitrogens is 2. The van der Waals surface area contributed by atoms with Crippen LogP contribution in [0.15, 0.2) is 30.6 Å². The summed E-state index contributed by atoms with van der Waals surface area (Å²) in [7, 11) is 1.58. The Hall–Kier alpha value is -2.61. The van der Waals surface area contributed by atoms with Crippen LogP contribution in [0.2, 0.25) is 0 Å². The van der Waals surface area contributed by atoms with E-state index in [4.69, 9.17) is 10.00 Å². The number of benzene rings is 1. The van der Waals surface area contributed by atoms with Crippen LogP contribution in [-0.2, 0) is 6.54 Å². The topological polar surface area (TPSA) is 70.8 Å². The normalized spacial score (nSPS) is 9.74. The van der Waals surface area contributed by atoms with Crippen molar-refractivity contribution in [3.05, 3.63) is 47.3 Å². The number of nitrogens with one attached hydrogen (secondary N) is 1. The van der Waals surface area contributed by atoms with Gasteiger partial charge in [0.2, 0.25) is 5.88 Å². The van der Waals surface area contributed by atoms with Crippen molar-refractivity contribution in [2.75, 3.05) is 12.4 Å². The van der Waals surface area contributed by atoms with Gasteiger partial charge in [-0.05, 0) is 24.6 Å². The van der Waals surface area contributed by atoms with Crippen LogP contribution in [0.4, 0.5) is 5.82 Å². The van der Waals surface area contributed by atoms with Gasteiger partial charge < -0.3 is 10.1 Å². The number of ether oxygens (including phenoxy) is 1. The molecule has 2 aromatic rings. The molecule has 0 aliphatic heterocycles. The molecule has 0 fully saturated rings. The van der Waals surface area contributed by atoms with E-state index in [9.17, 15) is 0 Å². The minimum Gasteiger partial charge on any atom is -0.481 e. The highest BCUT2D eigenvalue weighted by Gasteiger charge is 2.06. The molecule has 0 amide bonds. The monoisotopic (exact) mass is 254 g/mol. The van der Waals surface area contributed by atoms with E-state index in [2.05, 4.69) is 21.4 Å². The molecule has 0 bridgehead atoms. The molecule has 0 radical (unpaired) electrons. The standard InChI is InChI=1S/C14H14N4O/c1-10-13(17-9-18-14(10)19-2)16-8-12-5-3-11(7-15)4-6-12/h3-6,9H,8H2,1-2H3,(H,16,17,18). The fourth-order valence-electron chi connectivity index (χ4n) is 1.70. The summed E-state index contributed by atoms with van der Waals surface area (Å²) in [4.78, 5) is 8.21. The first kappa shape index (κ1) is 12.8. The predicted octanol–water partition coefficient (Wildman–Crippen LogP) is 2.28. The molecule has 5 heteroatoms. The summed E-state index contributed by atoms with van der Waals surface area (Å²) in [6.45, 7) is 2.53. The molecule has 0 saturated heterocycles. The van der Waals surface area contributed by atoms with Crippen LogP contribution in [0.3, 0.4) is 0 Å². The fourth-order valence-corrected chi connectivity index (χ4v) is 1.70. The van der Waals surface area contributed by atoms with Gasteiger partial charge in [0.15, 0.2) is 0 Å². The third kappa shape index (κ3) is 2.99. The van der Waals surface area contributed by atoms with E-state index in [1.165, 1.54) is 6.33 Å². The summed E-state index contributed by atoms with van der Waals surface area (Å²) in [6.07, 6.45) is 1.47. The summed E-state index contributed by atoms with van der Waals surface area (Å²) in [5.74, 6) is 1.31. The Morgan fingerprint density at radius 2 is 2.00 bits per heavy atom. The SMILES string of the molecule is COc1ncnc(NCc2ccc(C#N)cc2)c1C. The van der Waals surface area contributed by atoms with Gasteiger partial charge in [0.1, 0.15) is 12.1 Å². The van der Waals surface area contributed by atoms with Crippen molar-refractivity contribution in [1.82, 2.24) is 9.97 Å². The van der Waals surface area contributed by atoms with Crippen LogP contribution in [-0.4, -0.2) is 17.1 Å². The molecule has 5 nitrogen and oxygen atoms in total. The summed E-state index contributed by atoms with van der Waals surface area (Å²) >= 11 is 0. The zero-order valence-electron chi connectivity index (χ0n) is 10.8. The first-order valence-electron chi connectivity index (χ1n) is 5.83. The van der Waals surface area contributed by atoms with Crippen LogP contribution in [0.25, 0.3) is 0 Å². The maximum absolute atomic E-state index is 8.73. The van der Waals surface area contributed by atoms with E-state index in [1.807, 2.05) is 19.1 Å². The molecule has 1 heterocycles. The number of nitrogens with zero attached hydrogens (tertiary/aromatic N) is 3. The summed E-state index contributed by atoms with van der Waals surface area (Å²) < 4.78 is 5.14. The molecule has 0 saturated carbocycles. The second-order valence-corrected chi connectivity index (χ2v) is 4.02. The second kappa shape index (κ2) is 5.83. The van der Waals surface area contributed by atoms with E-state index < -0.39 is 0 Å². The minimum atomic E-state index is 0.567. The number of hydrogen-bond acceptors (Lipinski definition) is 5. The first-order chi connectivity index (χ1) is 9.24. The molecule has 1 aromatic heterocycles. The van der Waals surface area contributed by atoms with Gasteiger partial charge in [0.25, 0.3) is 0 Å². The highest BCUT2D eigenvalue weighted by atomic mass is 16.5. The minimum absolute atomic E-state index is 0.567. The van der Waals surface area contributed by atoms with Gasteiger partial charge in [-0.1, -0.05) is 12.1 Å². The molecule has 96 valence electrons. The number of methoxy groups -OCH3 is 1. The van der Waals surface area contributed by atoms with Gasteiger partial charge in [0, 0.05) is 6.54 Å². The lowest BCUT2D eigenvalue weighted by Crippen LogP contribution is -2.05. The number of anilines is 1. The van der Waals surface area contributed by atoms with Gasteiger partial charge in [-0.25, -0.2) is 9.97 Å². The molecule has 19 heavy (non-hydrogen) atoms. The Balaban J connectivity index is 2.08. The van der Waals surface area contributed by atoms with Crippen molar-refractivity contribution in [1.29, 1.82) is 5.26 Å². The van der Waals surface area contributed by atoms with E-state index in [1.54, 1.807) is 19.2 Å². The third-order valence-electron chi connectivity index (χ3n) is 2.77. The van der Waals surface area contributed by atoms with Crippen molar-refractivity contribution >= 4 is 5.82 Å². The quantitative estimate of drug-likeness (QED) is 0.906. The Morgan fingerprint density at radius 3 is 2.63 bits per heavy atom. The number of nitriles is 1. The van der Waals surface area contributed by atoms with Crippen LogP contribution < -0.4 is 10.1 Å². The van der Waals surface area contributed by atoms with Gasteiger partial charge in [-0.3, -0.25) is 0 Å². The van der Waals surface area contributed by atoms with E-state index >= 15 is 0 Å². The average molecular weight is 254 g/mol. The number of rotatable bonds is 4. The summed E-state index contributed by atoms with van der Waals surface area (Å²) in [6, 6.07) is 9.52. The Morgan fingerprint density at radius 1 is 1.26 bits per heavy atom. The lowest BCUT2D eigenvalue weighted by atomic mass is 10.1. The second-order valence-electron chi connectivity index (χ2n) is 4.02. The molecule has 0 aliphatic rings. The Labute approximate surface area is 111 Å². The molecule has 2 rings (SSSR count). The average Bonchev–Trinajstić information content (AvgIpc) is 2.47. The lowest BCUT2D eigenvalue weighted by molar-refractivity contribution is 0.393. The highest BCUT2D eigenvalue weighted by Crippen LogP contribution is 2.20. The van der Waals surface area contributed by atoms with E-state index in [-0.39, 0.29) is 0 Å². The summed E-state index contributed by atoms with van der Waals surface area (Å²) in [5.41, 5.74) is 2.61. The van der Waals surface area contributed by atoms with Crippen molar-refractivity contribution in [2.24, 2.45) is 0 Å². The van der Waals surface area contributed by atoms with Crippen LogP contribution in [0.1, 0.15) is 16.7 Å². The lowest BCUT2D eigenvalue weighted by Gasteiger charge is -2.10.